The van der Waals surface area contributed by atoms with Gasteiger partial charge in [0.1, 0.15) is 0 Å². The summed E-state index contributed by atoms with van der Waals surface area (Å²) in [7, 11) is 0. The summed E-state index contributed by atoms with van der Waals surface area (Å²) in [6, 6.07) is 78.7. The highest BCUT2D eigenvalue weighted by molar-refractivity contribution is 5.84. The molecule has 0 unspecified atom stereocenters. The molecule has 0 aromatic heterocycles. The van der Waals surface area contributed by atoms with Crippen LogP contribution in [0.25, 0.3) is 0 Å². The molecule has 8 aromatic rings. The second kappa shape index (κ2) is 18.3. The van der Waals surface area contributed by atoms with E-state index in [1.807, 2.05) is 19.1 Å². The molecule has 0 fully saturated rings. The number of benzene rings is 8. The third-order valence-corrected chi connectivity index (χ3v) is 10.1. The van der Waals surface area contributed by atoms with Gasteiger partial charge in [-0.15, -0.1) is 6.42 Å². The molecule has 0 amide bonds. The maximum Gasteiger partial charge on any atom is 0.0463 e. The Bertz CT molecular complexity index is 2430. The second-order valence-corrected chi connectivity index (χ2v) is 13.8. The largest absolute Gasteiger partial charge is 0.311 e. The summed E-state index contributed by atoms with van der Waals surface area (Å²) >= 11 is 0. The monoisotopic (exact) mass is 760 g/mol. The predicted octanol–water partition coefficient (Wildman–Crippen LogP) is 15.3. The first-order valence-electron chi connectivity index (χ1n) is 19.8. The van der Waals surface area contributed by atoms with E-state index in [9.17, 15) is 0 Å². The van der Waals surface area contributed by atoms with Crippen LogP contribution in [0.5, 0.6) is 0 Å². The lowest BCUT2D eigenvalue weighted by Crippen LogP contribution is -2.16. The fraction of sp³-hybridized carbons (Fsp3) is 0.0182. The van der Waals surface area contributed by atoms with Gasteiger partial charge in [-0.3, -0.25) is 0 Å². The van der Waals surface area contributed by atoms with Crippen LogP contribution in [0.1, 0.15) is 6.92 Å². The van der Waals surface area contributed by atoms with Gasteiger partial charge >= 0.3 is 0 Å². The van der Waals surface area contributed by atoms with Gasteiger partial charge in [-0.25, -0.2) is 0 Å². The zero-order chi connectivity index (χ0) is 40.2. The van der Waals surface area contributed by atoms with Crippen LogP contribution in [-0.2, 0) is 0 Å². The highest BCUT2D eigenvalue weighted by Gasteiger charge is 2.19. The number of hydrogen-bond acceptors (Lipinski definition) is 4. The van der Waals surface area contributed by atoms with Gasteiger partial charge in [0.2, 0.25) is 0 Å². The Kier molecular flexibility index (Phi) is 11.8. The van der Waals surface area contributed by atoms with Crippen LogP contribution in [-0.4, -0.2) is 0 Å². The second-order valence-electron chi connectivity index (χ2n) is 13.8. The number of nitrogens with zero attached hydrogens (tertiary/aromatic N) is 4. The number of allylic oxidation sites excluding steroid dienone is 3. The number of rotatable bonds is 13. The van der Waals surface area contributed by atoms with Crippen molar-refractivity contribution in [1.29, 1.82) is 0 Å². The van der Waals surface area contributed by atoms with Crippen molar-refractivity contribution in [3.8, 4) is 12.3 Å². The molecule has 59 heavy (non-hydrogen) atoms. The molecule has 4 heteroatoms. The quantitative estimate of drug-likeness (QED) is 0.0857. The van der Waals surface area contributed by atoms with Gasteiger partial charge in [-0.05, 0) is 153 Å². The molecule has 0 heterocycles. The van der Waals surface area contributed by atoms with E-state index in [2.05, 4.69) is 250 Å². The molecule has 0 atom stereocenters. The van der Waals surface area contributed by atoms with E-state index in [1.165, 1.54) is 0 Å². The normalized spacial score (nSPS) is 11.2. The van der Waals surface area contributed by atoms with E-state index >= 15 is 0 Å². The van der Waals surface area contributed by atoms with Crippen molar-refractivity contribution in [2.24, 2.45) is 0 Å². The highest BCUT2D eigenvalue weighted by atomic mass is 15.2. The van der Waals surface area contributed by atoms with Crippen molar-refractivity contribution in [3.05, 3.63) is 248 Å². The highest BCUT2D eigenvalue weighted by Crippen LogP contribution is 2.42. The third kappa shape index (κ3) is 8.56. The Hall–Kier alpha value is -8.00. The van der Waals surface area contributed by atoms with Crippen LogP contribution in [0.2, 0.25) is 0 Å². The van der Waals surface area contributed by atoms with E-state index < -0.39 is 0 Å². The number of hydrogen-bond donors (Lipinski definition) is 0. The third-order valence-electron chi connectivity index (χ3n) is 10.1. The lowest BCUT2D eigenvalue weighted by molar-refractivity contribution is 1.19. The zero-order valence-electron chi connectivity index (χ0n) is 33.0. The van der Waals surface area contributed by atoms with E-state index in [4.69, 9.17) is 6.42 Å². The van der Waals surface area contributed by atoms with E-state index in [-0.39, 0.29) is 0 Å². The summed E-state index contributed by atoms with van der Waals surface area (Å²) in [5, 5.41) is 0. The van der Waals surface area contributed by atoms with E-state index in [1.54, 1.807) is 6.08 Å². The average Bonchev–Trinajstić information content (AvgIpc) is 3.31. The van der Waals surface area contributed by atoms with Gasteiger partial charge in [-0.1, -0.05) is 103 Å². The molecule has 4 nitrogen and oxygen atoms in total. The van der Waals surface area contributed by atoms with Crippen LogP contribution < -0.4 is 19.6 Å². The van der Waals surface area contributed by atoms with Crippen molar-refractivity contribution >= 4 is 62.6 Å². The van der Waals surface area contributed by atoms with Crippen molar-refractivity contribution in [2.75, 3.05) is 19.6 Å². The van der Waals surface area contributed by atoms with Gasteiger partial charge < -0.3 is 19.6 Å². The molecule has 8 rings (SSSR count). The molecule has 0 saturated heterocycles. The molecule has 0 aliphatic carbocycles. The Morgan fingerprint density at radius 3 is 0.814 bits per heavy atom. The maximum atomic E-state index is 5.65. The summed E-state index contributed by atoms with van der Waals surface area (Å²) < 4.78 is 0. The van der Waals surface area contributed by atoms with Crippen molar-refractivity contribution in [1.82, 2.24) is 0 Å². The summed E-state index contributed by atoms with van der Waals surface area (Å²) in [5.41, 5.74) is 12.6. The molecular weight excluding hydrogens is 717 g/mol. The first-order chi connectivity index (χ1) is 29.2. The number of anilines is 11. The molecule has 0 aliphatic rings. The Labute approximate surface area is 348 Å². The van der Waals surface area contributed by atoms with Crippen LogP contribution in [0, 0.1) is 12.3 Å². The van der Waals surface area contributed by atoms with Crippen LogP contribution >= 0.6 is 0 Å². The fourth-order valence-corrected chi connectivity index (χ4v) is 7.36. The Morgan fingerprint density at radius 2 is 0.559 bits per heavy atom. The van der Waals surface area contributed by atoms with E-state index in [0.717, 1.165) is 68.3 Å². The van der Waals surface area contributed by atoms with Crippen molar-refractivity contribution in [3.63, 3.8) is 0 Å². The van der Waals surface area contributed by atoms with Crippen molar-refractivity contribution in [2.45, 2.75) is 6.92 Å². The number of para-hydroxylation sites is 5. The fourth-order valence-electron chi connectivity index (χ4n) is 7.36. The summed E-state index contributed by atoms with van der Waals surface area (Å²) in [6.45, 7) is 2.03. The SMILES string of the molecule is C#C/C=C\C(=C/C)N(c1ccccc1)c1ccc(N(c2ccc(N(c3ccccc3)c3ccccc3)cc2)c2ccc(N(c3ccccc3)c3ccccc3)cc2)cc1. The minimum atomic E-state index is 0.979. The first kappa shape index (κ1) is 37.9. The van der Waals surface area contributed by atoms with E-state index in [0.29, 0.717) is 0 Å². The summed E-state index contributed by atoms with van der Waals surface area (Å²) in [4.78, 5) is 9.09. The summed E-state index contributed by atoms with van der Waals surface area (Å²) in [5.74, 6) is 2.65. The lowest BCUT2D eigenvalue weighted by atomic mass is 10.1. The molecule has 0 aliphatic heterocycles. The minimum absolute atomic E-state index is 0.979. The molecule has 0 N–H and O–H groups in total. The zero-order valence-corrected chi connectivity index (χ0v) is 33.0. The maximum absolute atomic E-state index is 5.65. The standard InChI is InChI=1S/C55H44N4/c1-3-5-21-44(4-2)56(45-22-11-6-12-23-45)50-32-34-53(35-33-50)59(54-40-36-51(37-41-54)57(46-24-13-7-14-25-46)47-26-15-8-16-27-47)55-42-38-52(39-43-55)58(48-28-17-9-18-29-48)49-30-19-10-20-31-49/h1,4-43H,2H3/b21-5-,44-4+. The predicted molar refractivity (Wildman–Crippen MR) is 251 cm³/mol. The number of terminal acetylenes is 1. The van der Waals surface area contributed by atoms with Crippen LogP contribution in [0.15, 0.2) is 248 Å². The van der Waals surface area contributed by atoms with Crippen molar-refractivity contribution < 1.29 is 0 Å². The van der Waals surface area contributed by atoms with Gasteiger partial charge in [0.05, 0.1) is 0 Å². The minimum Gasteiger partial charge on any atom is -0.311 e. The van der Waals surface area contributed by atoms with Gasteiger partial charge in [-0.2, -0.15) is 0 Å². The molecular formula is C55H44N4. The van der Waals surface area contributed by atoms with Crippen LogP contribution in [0.3, 0.4) is 0 Å². The molecule has 8 aromatic carbocycles. The average molecular weight is 761 g/mol. The molecule has 0 saturated carbocycles. The topological polar surface area (TPSA) is 13.0 Å². The van der Waals surface area contributed by atoms with Gasteiger partial charge in [0.25, 0.3) is 0 Å². The molecule has 284 valence electrons. The lowest BCUT2D eigenvalue weighted by Gasteiger charge is -2.30. The van der Waals surface area contributed by atoms with Crippen LogP contribution in [0.4, 0.5) is 62.6 Å². The molecule has 0 bridgehead atoms. The van der Waals surface area contributed by atoms with Gasteiger partial charge in [0, 0.05) is 68.3 Å². The molecule has 0 radical (unpaired) electrons. The Balaban J connectivity index is 1.22. The Morgan fingerprint density at radius 1 is 0.339 bits per heavy atom. The summed E-state index contributed by atoms with van der Waals surface area (Å²) in [6.07, 6.45) is 11.4. The van der Waals surface area contributed by atoms with Gasteiger partial charge in [0.15, 0.2) is 0 Å². The molecule has 0 spiro atoms. The smallest absolute Gasteiger partial charge is 0.0463 e. The first-order valence-corrected chi connectivity index (χ1v) is 19.8.